The van der Waals surface area contributed by atoms with Crippen LogP contribution in [0, 0.1) is 34.5 Å². The molecular weight excluding hydrogens is 961 g/mol. The Balaban J connectivity index is 0.942. The average Bonchev–Trinajstić information content (AvgIpc) is 3.65. The number of carbonyl (C=O) groups is 2. The van der Waals surface area contributed by atoms with Gasteiger partial charge in [-0.2, -0.15) is 0 Å². The number of ether oxygens (including phenoxy) is 9. The van der Waals surface area contributed by atoms with Crippen molar-refractivity contribution >= 4 is 11.9 Å². The van der Waals surface area contributed by atoms with E-state index >= 15 is 0 Å². The summed E-state index contributed by atoms with van der Waals surface area (Å²) < 4.78 is 54.0. The SMILES string of the molecule is CO[C@@H]1[C@@H](O)[C@H](O[C@H]2CC[C@@]3(C)[C@@H](CC[C@]4(O)[C@@H]3C[C@@H](OC(=O)c3ccccc3)[C@]3(C)[C@@H](C(C)OC(=O)CC(C)C)CC[C@@]34O)C2)O[C@H](C)[C@@H]1O[C@@H]1O[C@H](CO[C@@H]2O[C@H](CO)[C@@H](O)[C@H](O)[C@H]2O)[C@@H](O)[C@H](O)[C@H]1O. The van der Waals surface area contributed by atoms with E-state index in [4.69, 9.17) is 42.6 Å². The highest BCUT2D eigenvalue weighted by atomic mass is 16.8. The Hall–Kier alpha value is -2.52. The zero-order valence-corrected chi connectivity index (χ0v) is 42.8. The molecule has 0 radical (unpaired) electrons. The number of fused-ring (bicyclic) bond motifs is 5. The van der Waals surface area contributed by atoms with Crippen LogP contribution in [0.5, 0.6) is 0 Å². The fourth-order valence-corrected chi connectivity index (χ4v) is 14.2. The first-order chi connectivity index (χ1) is 34.4. The largest absolute Gasteiger partial charge is 0.462 e. The molecule has 0 spiro atoms. The predicted octanol–water partition coefficient (Wildman–Crippen LogP) is 0.204. The molecule has 0 bridgehead atoms. The van der Waals surface area contributed by atoms with Crippen LogP contribution in [0.25, 0.3) is 0 Å². The summed E-state index contributed by atoms with van der Waals surface area (Å²) in [5.41, 5.74) is -4.68. The van der Waals surface area contributed by atoms with Crippen molar-refractivity contribution in [3.05, 3.63) is 35.9 Å². The monoisotopic (exact) mass is 1040 g/mol. The highest BCUT2D eigenvalue weighted by Crippen LogP contribution is 2.71. The maximum absolute atomic E-state index is 14.0. The number of methoxy groups -OCH3 is 1. The van der Waals surface area contributed by atoms with E-state index in [0.717, 1.165) is 0 Å². The van der Waals surface area contributed by atoms with Gasteiger partial charge in [0.2, 0.25) is 0 Å². The second kappa shape index (κ2) is 22.1. The lowest BCUT2D eigenvalue weighted by Crippen LogP contribution is -2.77. The molecule has 1 unspecified atom stereocenters. The van der Waals surface area contributed by atoms with Crippen LogP contribution in [-0.2, 0) is 47.4 Å². The number of hydrogen-bond donors (Lipinski definition) is 10. The molecule has 414 valence electrons. The number of esters is 2. The third kappa shape index (κ3) is 10.2. The van der Waals surface area contributed by atoms with Gasteiger partial charge in [-0.15, -0.1) is 0 Å². The van der Waals surface area contributed by atoms with E-state index in [-0.39, 0.29) is 43.5 Å². The molecule has 8 rings (SSSR count). The zero-order valence-electron chi connectivity index (χ0n) is 42.8. The Kier molecular flexibility index (Phi) is 17.1. The van der Waals surface area contributed by atoms with Gasteiger partial charge in [0.25, 0.3) is 0 Å². The summed E-state index contributed by atoms with van der Waals surface area (Å²) in [6.07, 6.45) is -20.5. The van der Waals surface area contributed by atoms with Crippen molar-refractivity contribution < 1.29 is 103 Å². The topological polar surface area (TPSA) is 320 Å². The Morgan fingerprint density at radius 3 is 2.04 bits per heavy atom. The van der Waals surface area contributed by atoms with Gasteiger partial charge in [-0.05, 0) is 101 Å². The van der Waals surface area contributed by atoms with E-state index in [1.54, 1.807) is 37.3 Å². The lowest BCUT2D eigenvalue weighted by Gasteiger charge is -2.68. The smallest absolute Gasteiger partial charge is 0.338 e. The molecule has 0 aromatic heterocycles. The molecule has 3 aliphatic heterocycles. The Morgan fingerprint density at radius 1 is 0.740 bits per heavy atom. The van der Waals surface area contributed by atoms with Crippen LogP contribution in [-0.4, -0.2) is 205 Å². The number of benzene rings is 1. The first-order valence-corrected chi connectivity index (χ1v) is 26.1. The number of aliphatic hydroxyl groups excluding tert-OH is 8. The van der Waals surface area contributed by atoms with Crippen molar-refractivity contribution in [2.45, 2.75) is 221 Å². The van der Waals surface area contributed by atoms with Crippen molar-refractivity contribution in [3.63, 3.8) is 0 Å². The van der Waals surface area contributed by atoms with Gasteiger partial charge in [0.05, 0.1) is 36.6 Å². The van der Waals surface area contributed by atoms with E-state index in [0.29, 0.717) is 37.7 Å². The van der Waals surface area contributed by atoms with E-state index in [1.807, 2.05) is 27.7 Å². The van der Waals surface area contributed by atoms with E-state index < -0.39 is 163 Å². The van der Waals surface area contributed by atoms with Gasteiger partial charge >= 0.3 is 11.9 Å². The molecule has 7 fully saturated rings. The minimum atomic E-state index is -1.82. The van der Waals surface area contributed by atoms with Gasteiger partial charge in [-0.1, -0.05) is 45.9 Å². The van der Waals surface area contributed by atoms with Crippen LogP contribution in [0.4, 0.5) is 0 Å². The standard InChI is InChI=1S/C52H80O21/c1-24(2)19-35(54)67-25(3)30-15-18-52(64)50(30,6)34(72-45(62)27-11-9-8-10-12-27)21-33-49(5)16-14-29(20-28(49)13-17-51(33,52)63)69-48-42(61)44(65-7)43(26(4)68-48)73-47-41(60)39(58)37(56)32(71-47)23-66-46-40(59)38(57)36(55)31(22-53)70-46/h8-12,24-26,28-34,36-44,46-48,53,55-61,63-64H,13-23H2,1-7H3/t25?,26-,28+,29+,30-,31-,32-,33-,34-,36-,37-,38+,39+,40-,41-,42-,43+,44-,46-,47+,48+,49+,50+,51+,52-/m1/s1. The van der Waals surface area contributed by atoms with Crippen LogP contribution in [0.2, 0.25) is 0 Å². The highest BCUT2D eigenvalue weighted by molar-refractivity contribution is 5.89. The Morgan fingerprint density at radius 2 is 1.38 bits per heavy atom. The number of rotatable bonds is 15. The fourth-order valence-electron chi connectivity index (χ4n) is 14.2. The summed E-state index contributed by atoms with van der Waals surface area (Å²) >= 11 is 0. The molecule has 10 N–H and O–H groups in total. The molecule has 1 aromatic carbocycles. The van der Waals surface area contributed by atoms with Crippen LogP contribution in [0.15, 0.2) is 30.3 Å². The summed E-state index contributed by atoms with van der Waals surface area (Å²) in [5, 5.41) is 111. The first-order valence-electron chi connectivity index (χ1n) is 26.1. The number of carbonyl (C=O) groups excluding carboxylic acids is 2. The molecule has 1 aromatic rings. The normalized spacial score (nSPS) is 48.2. The second-order valence-corrected chi connectivity index (χ2v) is 22.9. The molecule has 21 heteroatoms. The van der Waals surface area contributed by atoms with Gasteiger partial charge in [0.15, 0.2) is 18.9 Å². The van der Waals surface area contributed by atoms with Crippen LogP contribution >= 0.6 is 0 Å². The van der Waals surface area contributed by atoms with E-state index in [1.165, 1.54) is 7.11 Å². The van der Waals surface area contributed by atoms with Crippen molar-refractivity contribution in [2.75, 3.05) is 20.3 Å². The van der Waals surface area contributed by atoms with Gasteiger partial charge in [-0.25, -0.2) is 4.79 Å². The summed E-state index contributed by atoms with van der Waals surface area (Å²) in [7, 11) is 1.35. The zero-order chi connectivity index (χ0) is 53.1. The van der Waals surface area contributed by atoms with Gasteiger partial charge in [0, 0.05) is 24.9 Å². The highest BCUT2D eigenvalue weighted by Gasteiger charge is 2.78. The van der Waals surface area contributed by atoms with Gasteiger partial charge in [-0.3, -0.25) is 4.79 Å². The minimum absolute atomic E-state index is 0.0279. The summed E-state index contributed by atoms with van der Waals surface area (Å²) in [4.78, 5) is 27.0. The number of aliphatic hydroxyl groups is 10. The van der Waals surface area contributed by atoms with Gasteiger partial charge < -0.3 is 93.7 Å². The quantitative estimate of drug-likeness (QED) is 0.0829. The molecule has 3 heterocycles. The van der Waals surface area contributed by atoms with E-state index in [9.17, 15) is 60.7 Å². The lowest BCUT2D eigenvalue weighted by molar-refractivity contribution is -0.368. The van der Waals surface area contributed by atoms with Crippen molar-refractivity contribution in [3.8, 4) is 0 Å². The van der Waals surface area contributed by atoms with Crippen molar-refractivity contribution in [1.82, 2.24) is 0 Å². The molecular formula is C52H80O21. The first kappa shape index (κ1) is 56.7. The molecule has 73 heavy (non-hydrogen) atoms. The Bertz CT molecular complexity index is 2030. The van der Waals surface area contributed by atoms with Crippen LogP contribution in [0.3, 0.4) is 0 Å². The van der Waals surface area contributed by atoms with Crippen molar-refractivity contribution in [2.24, 2.45) is 34.5 Å². The maximum atomic E-state index is 14.0. The minimum Gasteiger partial charge on any atom is -0.462 e. The summed E-state index contributed by atoms with van der Waals surface area (Å²) in [6.45, 7) is 10.1. The third-order valence-electron chi connectivity index (χ3n) is 18.3. The molecule has 7 aliphatic rings. The van der Waals surface area contributed by atoms with E-state index in [2.05, 4.69) is 6.92 Å². The fraction of sp³-hybridized carbons (Fsp3) is 0.846. The maximum Gasteiger partial charge on any atom is 0.338 e. The summed E-state index contributed by atoms with van der Waals surface area (Å²) in [6, 6.07) is 8.65. The second-order valence-electron chi connectivity index (χ2n) is 22.9. The number of hydrogen-bond acceptors (Lipinski definition) is 21. The lowest BCUT2D eigenvalue weighted by atomic mass is 9.40. The van der Waals surface area contributed by atoms with Crippen LogP contribution in [0.1, 0.15) is 110 Å². The average molecular weight is 1040 g/mol. The molecule has 3 saturated heterocycles. The molecule has 4 aliphatic carbocycles. The van der Waals surface area contributed by atoms with Gasteiger partial charge in [0.1, 0.15) is 85.0 Å². The van der Waals surface area contributed by atoms with Crippen molar-refractivity contribution in [1.29, 1.82) is 0 Å². The Labute approximate surface area is 425 Å². The summed E-state index contributed by atoms with van der Waals surface area (Å²) in [5.74, 6) is -1.78. The molecule has 21 nitrogen and oxygen atoms in total. The predicted molar refractivity (Wildman–Crippen MR) is 251 cm³/mol. The third-order valence-corrected chi connectivity index (χ3v) is 18.3. The molecule has 25 atom stereocenters. The molecule has 0 amide bonds. The van der Waals surface area contributed by atoms with Crippen LogP contribution < -0.4 is 0 Å². The molecule has 4 saturated carbocycles.